The molecule has 1 aromatic heterocycles. The van der Waals surface area contributed by atoms with Crippen molar-refractivity contribution in [3.05, 3.63) is 33.7 Å². The molecule has 0 unspecified atom stereocenters. The van der Waals surface area contributed by atoms with E-state index < -0.39 is 11.5 Å². The predicted molar refractivity (Wildman–Crippen MR) is 66.4 cm³/mol. The van der Waals surface area contributed by atoms with Gasteiger partial charge in [0.05, 0.1) is 6.42 Å². The summed E-state index contributed by atoms with van der Waals surface area (Å²) in [6.07, 6.45) is -0.141. The van der Waals surface area contributed by atoms with Gasteiger partial charge in [-0.2, -0.15) is 5.26 Å². The summed E-state index contributed by atoms with van der Waals surface area (Å²) < 4.78 is 1.38. The zero-order valence-corrected chi connectivity index (χ0v) is 10.7. The van der Waals surface area contributed by atoms with Crippen molar-refractivity contribution in [2.24, 2.45) is 0 Å². The molecule has 0 aliphatic carbocycles. The Morgan fingerprint density at radius 1 is 1.44 bits per heavy atom. The van der Waals surface area contributed by atoms with Crippen LogP contribution in [0.25, 0.3) is 0 Å². The molecule has 0 atom stereocenters. The largest absolute Gasteiger partial charge is 0.481 e. The van der Waals surface area contributed by atoms with Gasteiger partial charge in [-0.25, -0.2) is 0 Å². The highest BCUT2D eigenvalue weighted by Gasteiger charge is 2.20. The Hall–Kier alpha value is -2.09. The van der Waals surface area contributed by atoms with Gasteiger partial charge in [0, 0.05) is 17.7 Å². The molecule has 1 rings (SSSR count). The second kappa shape index (κ2) is 5.05. The Bertz CT molecular complexity index is 559. The number of hydrogen-bond acceptors (Lipinski definition) is 3. The lowest BCUT2D eigenvalue weighted by Gasteiger charge is -2.24. The Morgan fingerprint density at radius 3 is 2.50 bits per heavy atom. The number of nitriles is 1. The van der Waals surface area contributed by atoms with Crippen LogP contribution in [0.2, 0.25) is 0 Å². The minimum absolute atomic E-state index is 0.0355. The first-order valence-corrected chi connectivity index (χ1v) is 5.63. The maximum atomic E-state index is 12.0. The van der Waals surface area contributed by atoms with E-state index in [2.05, 4.69) is 0 Å². The third kappa shape index (κ3) is 2.98. The van der Waals surface area contributed by atoms with Crippen molar-refractivity contribution in [1.29, 1.82) is 5.26 Å². The van der Waals surface area contributed by atoms with Crippen LogP contribution in [0.1, 0.15) is 38.4 Å². The van der Waals surface area contributed by atoms with Gasteiger partial charge in [-0.05, 0) is 12.1 Å². The standard InChI is InChI=1S/C13H16N2O3/c1-13(2,3)10-5-4-9(8-14)12(18)15(10)7-6-11(16)17/h4-5H,6-7H2,1-3H3,(H,16,17). The predicted octanol–water partition coefficient (Wildman–Crippen LogP) is 1.49. The molecule has 0 radical (unpaired) electrons. The smallest absolute Gasteiger partial charge is 0.305 e. The van der Waals surface area contributed by atoms with Crippen LogP contribution >= 0.6 is 0 Å². The second-order valence-electron chi connectivity index (χ2n) is 5.09. The van der Waals surface area contributed by atoms with E-state index in [4.69, 9.17) is 10.4 Å². The molecule has 0 saturated carbocycles. The lowest BCUT2D eigenvalue weighted by atomic mass is 9.90. The van der Waals surface area contributed by atoms with Crippen molar-refractivity contribution >= 4 is 5.97 Å². The molecule has 0 aromatic carbocycles. The monoisotopic (exact) mass is 248 g/mol. The van der Waals surface area contributed by atoms with E-state index in [0.717, 1.165) is 5.69 Å². The molecule has 5 nitrogen and oxygen atoms in total. The summed E-state index contributed by atoms with van der Waals surface area (Å²) in [6, 6.07) is 5.02. The normalized spacial score (nSPS) is 11.0. The molecule has 0 fully saturated rings. The van der Waals surface area contributed by atoms with Gasteiger partial charge in [0.15, 0.2) is 0 Å². The van der Waals surface area contributed by atoms with Gasteiger partial charge >= 0.3 is 5.97 Å². The van der Waals surface area contributed by atoms with Crippen molar-refractivity contribution in [2.45, 2.75) is 39.2 Å². The fourth-order valence-electron chi connectivity index (χ4n) is 1.75. The van der Waals surface area contributed by atoms with Gasteiger partial charge in [-0.1, -0.05) is 20.8 Å². The van der Waals surface area contributed by atoms with Gasteiger partial charge in [-0.15, -0.1) is 0 Å². The van der Waals surface area contributed by atoms with Crippen LogP contribution in [0, 0.1) is 11.3 Å². The number of rotatable bonds is 3. The van der Waals surface area contributed by atoms with Crippen LogP contribution in [0.15, 0.2) is 16.9 Å². The summed E-state index contributed by atoms with van der Waals surface area (Å²) in [5.41, 5.74) is 0.0540. The lowest BCUT2D eigenvalue weighted by Crippen LogP contribution is -2.31. The van der Waals surface area contributed by atoms with Crippen molar-refractivity contribution in [3.63, 3.8) is 0 Å². The zero-order chi connectivity index (χ0) is 13.9. The molecular formula is C13H16N2O3. The van der Waals surface area contributed by atoms with Crippen LogP contribution in [0.4, 0.5) is 0 Å². The molecule has 96 valence electrons. The number of nitrogens with zero attached hydrogens (tertiary/aromatic N) is 2. The molecule has 0 amide bonds. The Balaban J connectivity index is 3.37. The zero-order valence-electron chi connectivity index (χ0n) is 10.7. The van der Waals surface area contributed by atoms with Gasteiger partial charge in [0.25, 0.3) is 5.56 Å². The van der Waals surface area contributed by atoms with Gasteiger partial charge in [0.1, 0.15) is 11.6 Å². The Kier molecular flexibility index (Phi) is 3.92. The highest BCUT2D eigenvalue weighted by atomic mass is 16.4. The molecule has 1 N–H and O–H groups in total. The first-order chi connectivity index (χ1) is 8.27. The average Bonchev–Trinajstić information content (AvgIpc) is 2.25. The quantitative estimate of drug-likeness (QED) is 0.878. The van der Waals surface area contributed by atoms with E-state index in [1.54, 1.807) is 6.07 Å². The fourth-order valence-corrected chi connectivity index (χ4v) is 1.75. The molecule has 0 bridgehead atoms. The maximum absolute atomic E-state index is 12.0. The highest BCUT2D eigenvalue weighted by molar-refractivity contribution is 5.66. The first-order valence-electron chi connectivity index (χ1n) is 5.63. The van der Waals surface area contributed by atoms with Crippen molar-refractivity contribution in [1.82, 2.24) is 4.57 Å². The minimum atomic E-state index is -0.968. The molecule has 5 heteroatoms. The molecule has 18 heavy (non-hydrogen) atoms. The van der Waals surface area contributed by atoms with E-state index in [0.29, 0.717) is 0 Å². The van der Waals surface area contributed by atoms with E-state index in [1.165, 1.54) is 10.6 Å². The van der Waals surface area contributed by atoms with E-state index in [1.807, 2.05) is 26.8 Å². The number of carboxylic acid groups (broad SMARTS) is 1. The lowest BCUT2D eigenvalue weighted by molar-refractivity contribution is -0.137. The second-order valence-corrected chi connectivity index (χ2v) is 5.09. The van der Waals surface area contributed by atoms with E-state index in [9.17, 15) is 9.59 Å². The number of pyridine rings is 1. The van der Waals surface area contributed by atoms with Crippen LogP contribution in [0.3, 0.4) is 0 Å². The highest BCUT2D eigenvalue weighted by Crippen LogP contribution is 2.21. The molecule has 0 spiro atoms. The van der Waals surface area contributed by atoms with E-state index >= 15 is 0 Å². The summed E-state index contributed by atoms with van der Waals surface area (Å²) in [6.45, 7) is 5.89. The molecule has 1 aromatic rings. The summed E-state index contributed by atoms with van der Waals surface area (Å²) in [7, 11) is 0. The number of aliphatic carboxylic acids is 1. The minimum Gasteiger partial charge on any atom is -0.481 e. The molecule has 0 saturated heterocycles. The van der Waals surface area contributed by atoms with Crippen LogP contribution in [-0.4, -0.2) is 15.6 Å². The topological polar surface area (TPSA) is 83.1 Å². The number of hydrogen-bond donors (Lipinski definition) is 1. The van der Waals surface area contributed by atoms with Gasteiger partial charge in [-0.3, -0.25) is 9.59 Å². The van der Waals surface area contributed by atoms with E-state index in [-0.39, 0.29) is 23.9 Å². The fraction of sp³-hybridized carbons (Fsp3) is 0.462. The van der Waals surface area contributed by atoms with Crippen LogP contribution < -0.4 is 5.56 Å². The maximum Gasteiger partial charge on any atom is 0.305 e. The summed E-state index contributed by atoms with van der Waals surface area (Å²) in [5, 5.41) is 17.5. The summed E-state index contributed by atoms with van der Waals surface area (Å²) >= 11 is 0. The average molecular weight is 248 g/mol. The molecule has 0 aliphatic heterocycles. The van der Waals surface area contributed by atoms with Crippen molar-refractivity contribution < 1.29 is 9.90 Å². The third-order valence-corrected chi connectivity index (χ3v) is 2.61. The number of carboxylic acids is 1. The SMILES string of the molecule is CC(C)(C)c1ccc(C#N)c(=O)n1CCC(=O)O. The summed E-state index contributed by atoms with van der Waals surface area (Å²) in [5.74, 6) is -0.968. The molecular weight excluding hydrogens is 232 g/mol. The van der Waals surface area contributed by atoms with Crippen molar-refractivity contribution in [2.75, 3.05) is 0 Å². The van der Waals surface area contributed by atoms with Gasteiger partial charge < -0.3 is 9.67 Å². The Morgan fingerprint density at radius 2 is 2.06 bits per heavy atom. The van der Waals surface area contributed by atoms with Crippen molar-refractivity contribution in [3.8, 4) is 6.07 Å². The van der Waals surface area contributed by atoms with Gasteiger partial charge in [0.2, 0.25) is 0 Å². The first kappa shape index (κ1) is 14.0. The summed E-state index contributed by atoms with van der Waals surface area (Å²) in [4.78, 5) is 22.6. The third-order valence-electron chi connectivity index (χ3n) is 2.61. The number of aromatic nitrogens is 1. The number of carbonyl (C=O) groups is 1. The van der Waals surface area contributed by atoms with Crippen LogP contribution in [0.5, 0.6) is 0 Å². The van der Waals surface area contributed by atoms with Crippen LogP contribution in [-0.2, 0) is 16.8 Å². The molecule has 0 aliphatic rings. The Labute approximate surface area is 105 Å². The molecule has 1 heterocycles.